The molecule has 0 aliphatic rings. The number of amides is 2. The minimum atomic E-state index is -0.691. The molecule has 2 heterocycles. The second kappa shape index (κ2) is 10.4. The van der Waals surface area contributed by atoms with Gasteiger partial charge in [-0.05, 0) is 53.9 Å². The highest BCUT2D eigenvalue weighted by molar-refractivity contribution is 7.18. The topological polar surface area (TPSA) is 121 Å². The maximum Gasteiger partial charge on any atom is 0.341 e. The molecule has 2 aromatic heterocycles. The Bertz CT molecular complexity index is 1400. The van der Waals surface area contributed by atoms with Crippen LogP contribution in [0.1, 0.15) is 55.3 Å². The first-order valence-electron chi connectivity index (χ1n) is 11.0. The number of carbonyl (C=O) groups is 3. The molecular formula is C26H24N2O6S. The molecule has 0 spiro atoms. The second-order valence-electron chi connectivity index (χ2n) is 7.78. The first-order chi connectivity index (χ1) is 16.9. The van der Waals surface area contributed by atoms with E-state index in [1.165, 1.54) is 6.07 Å². The van der Waals surface area contributed by atoms with Crippen LogP contribution in [0.3, 0.4) is 0 Å². The van der Waals surface area contributed by atoms with Gasteiger partial charge in [0.05, 0.1) is 17.0 Å². The molecule has 180 valence electrons. The molecule has 8 nitrogen and oxygen atoms in total. The Balaban J connectivity index is 1.47. The molecule has 3 N–H and O–H groups in total. The van der Waals surface area contributed by atoms with E-state index in [9.17, 15) is 14.4 Å². The number of anilines is 1. The van der Waals surface area contributed by atoms with Crippen LogP contribution in [-0.4, -0.2) is 24.4 Å². The van der Waals surface area contributed by atoms with Crippen LogP contribution in [0, 0.1) is 6.92 Å². The van der Waals surface area contributed by atoms with Crippen LogP contribution in [0.25, 0.3) is 10.8 Å². The van der Waals surface area contributed by atoms with Crippen molar-refractivity contribution < 1.29 is 28.3 Å². The summed E-state index contributed by atoms with van der Waals surface area (Å²) in [5.41, 5.74) is 5.90. The fraction of sp³-hybridized carbons (Fsp3) is 0.192. The monoisotopic (exact) mass is 492 g/mol. The summed E-state index contributed by atoms with van der Waals surface area (Å²) in [5.74, 6) is -0.748. The highest BCUT2D eigenvalue weighted by atomic mass is 32.1. The third-order valence-corrected chi connectivity index (χ3v) is 6.45. The van der Waals surface area contributed by atoms with Crippen molar-refractivity contribution >= 4 is 44.9 Å². The standard InChI is InChI=1S/C26H24N2O6S/c1-3-12-32-26(31)21-15(2)22(23(27)29)35-25(21)28-24(30)20-11-10-19(34-20)14-33-18-9-8-16-6-4-5-7-17(16)13-18/h4-11,13H,3,12,14H2,1-2H3,(H2,27,29)(H,28,30). The van der Waals surface area contributed by atoms with E-state index in [2.05, 4.69) is 5.32 Å². The third-order valence-electron chi connectivity index (χ3n) is 5.23. The molecule has 0 atom stereocenters. The lowest BCUT2D eigenvalue weighted by molar-refractivity contribution is 0.0506. The van der Waals surface area contributed by atoms with E-state index in [0.717, 1.165) is 22.1 Å². The number of benzene rings is 2. The smallest absolute Gasteiger partial charge is 0.341 e. The van der Waals surface area contributed by atoms with Gasteiger partial charge in [0.15, 0.2) is 5.76 Å². The lowest BCUT2D eigenvalue weighted by atomic mass is 10.1. The van der Waals surface area contributed by atoms with Crippen LogP contribution >= 0.6 is 11.3 Å². The molecule has 4 rings (SSSR count). The number of primary amides is 1. The van der Waals surface area contributed by atoms with Crippen molar-refractivity contribution in [3.05, 3.63) is 82.1 Å². The van der Waals surface area contributed by atoms with Gasteiger partial charge < -0.3 is 24.9 Å². The number of rotatable bonds is 9. The van der Waals surface area contributed by atoms with Gasteiger partial charge in [-0.3, -0.25) is 9.59 Å². The SMILES string of the molecule is CCCOC(=O)c1c(NC(=O)c2ccc(COc3ccc4ccccc4c3)o2)sc(C(N)=O)c1C. The quantitative estimate of drug-likeness (QED) is 0.306. The van der Waals surface area contributed by atoms with E-state index in [-0.39, 0.29) is 34.4 Å². The molecule has 2 amide bonds. The summed E-state index contributed by atoms with van der Waals surface area (Å²) in [4.78, 5) is 37.3. The van der Waals surface area contributed by atoms with Gasteiger partial charge in [-0.25, -0.2) is 4.79 Å². The number of hydrogen-bond acceptors (Lipinski definition) is 7. The maximum absolute atomic E-state index is 12.8. The van der Waals surface area contributed by atoms with Gasteiger partial charge in [-0.1, -0.05) is 37.3 Å². The van der Waals surface area contributed by atoms with E-state index in [1.54, 1.807) is 13.0 Å². The molecule has 0 aliphatic heterocycles. The number of nitrogens with two attached hydrogens (primary N) is 1. The zero-order valence-electron chi connectivity index (χ0n) is 19.3. The largest absolute Gasteiger partial charge is 0.486 e. The number of ether oxygens (including phenoxy) is 2. The van der Waals surface area contributed by atoms with Crippen LogP contribution in [0.5, 0.6) is 5.75 Å². The number of nitrogens with one attached hydrogen (secondary N) is 1. The van der Waals surface area contributed by atoms with Crippen molar-refractivity contribution in [3.63, 3.8) is 0 Å². The van der Waals surface area contributed by atoms with Crippen LogP contribution in [0.4, 0.5) is 5.00 Å². The van der Waals surface area contributed by atoms with Gasteiger partial charge in [0, 0.05) is 0 Å². The van der Waals surface area contributed by atoms with Crippen molar-refractivity contribution in [1.29, 1.82) is 0 Å². The van der Waals surface area contributed by atoms with E-state index in [4.69, 9.17) is 19.6 Å². The Hall–Kier alpha value is -4.11. The predicted octanol–water partition coefficient (Wildman–Crippen LogP) is 5.30. The zero-order chi connectivity index (χ0) is 24.9. The van der Waals surface area contributed by atoms with Crippen molar-refractivity contribution in [1.82, 2.24) is 0 Å². The first kappa shape index (κ1) is 24.0. The van der Waals surface area contributed by atoms with E-state index < -0.39 is 17.8 Å². The van der Waals surface area contributed by atoms with E-state index in [0.29, 0.717) is 23.5 Å². The van der Waals surface area contributed by atoms with Crippen LogP contribution in [0.2, 0.25) is 0 Å². The van der Waals surface area contributed by atoms with Gasteiger partial charge >= 0.3 is 5.97 Å². The molecule has 0 aliphatic carbocycles. The molecule has 0 unspecified atom stereocenters. The Morgan fingerprint density at radius 3 is 2.57 bits per heavy atom. The molecule has 4 aromatic rings. The van der Waals surface area contributed by atoms with Gasteiger partial charge in [0.1, 0.15) is 23.1 Å². The molecule has 35 heavy (non-hydrogen) atoms. The number of carbonyl (C=O) groups excluding carboxylic acids is 3. The number of thiophene rings is 1. The lowest BCUT2D eigenvalue weighted by Crippen LogP contribution is -2.15. The summed E-state index contributed by atoms with van der Waals surface area (Å²) in [7, 11) is 0. The van der Waals surface area contributed by atoms with E-state index in [1.807, 2.05) is 49.4 Å². The number of furan rings is 1. The minimum absolute atomic E-state index is 0.0293. The van der Waals surface area contributed by atoms with Crippen LogP contribution < -0.4 is 15.8 Å². The zero-order valence-corrected chi connectivity index (χ0v) is 20.1. The third kappa shape index (κ3) is 5.36. The summed E-state index contributed by atoms with van der Waals surface area (Å²) < 4.78 is 16.7. The Morgan fingerprint density at radius 2 is 1.83 bits per heavy atom. The average molecular weight is 493 g/mol. The highest BCUT2D eigenvalue weighted by Crippen LogP contribution is 2.34. The second-order valence-corrected chi connectivity index (χ2v) is 8.80. The molecule has 0 saturated carbocycles. The highest BCUT2D eigenvalue weighted by Gasteiger charge is 2.26. The molecule has 0 radical (unpaired) electrons. The Labute approximate surface area is 205 Å². The first-order valence-corrected chi connectivity index (χ1v) is 11.8. The molecule has 0 bridgehead atoms. The summed E-state index contributed by atoms with van der Waals surface area (Å²) >= 11 is 0.921. The number of esters is 1. The van der Waals surface area contributed by atoms with Gasteiger partial charge in [0.2, 0.25) is 0 Å². The molecule has 2 aromatic carbocycles. The van der Waals surface area contributed by atoms with Crippen molar-refractivity contribution in [3.8, 4) is 5.75 Å². The summed E-state index contributed by atoms with van der Waals surface area (Å²) in [5, 5.41) is 4.98. The van der Waals surface area contributed by atoms with Crippen molar-refractivity contribution in [2.24, 2.45) is 5.73 Å². The summed E-state index contributed by atoms with van der Waals surface area (Å²) in [6.45, 7) is 3.80. The van der Waals surface area contributed by atoms with Gasteiger partial charge in [-0.15, -0.1) is 11.3 Å². The maximum atomic E-state index is 12.8. The predicted molar refractivity (Wildman–Crippen MR) is 133 cm³/mol. The average Bonchev–Trinajstić information content (AvgIpc) is 3.45. The normalized spacial score (nSPS) is 10.8. The van der Waals surface area contributed by atoms with Gasteiger partial charge in [-0.2, -0.15) is 0 Å². The fourth-order valence-corrected chi connectivity index (χ4v) is 4.55. The Kier molecular flexibility index (Phi) is 7.17. The molecule has 0 saturated heterocycles. The van der Waals surface area contributed by atoms with Crippen molar-refractivity contribution in [2.45, 2.75) is 26.9 Å². The fourth-order valence-electron chi connectivity index (χ4n) is 3.50. The summed E-state index contributed by atoms with van der Waals surface area (Å²) in [6, 6.07) is 16.9. The minimum Gasteiger partial charge on any atom is -0.486 e. The van der Waals surface area contributed by atoms with Crippen LogP contribution in [0.15, 0.2) is 59.0 Å². The van der Waals surface area contributed by atoms with Gasteiger partial charge in [0.25, 0.3) is 11.8 Å². The number of hydrogen-bond donors (Lipinski definition) is 2. The number of fused-ring (bicyclic) bond motifs is 1. The van der Waals surface area contributed by atoms with E-state index >= 15 is 0 Å². The molecule has 9 heteroatoms. The Morgan fingerprint density at radius 1 is 1.06 bits per heavy atom. The molecular weight excluding hydrogens is 468 g/mol. The van der Waals surface area contributed by atoms with Crippen LogP contribution in [-0.2, 0) is 11.3 Å². The summed E-state index contributed by atoms with van der Waals surface area (Å²) in [6.07, 6.45) is 0.635. The van der Waals surface area contributed by atoms with Crippen molar-refractivity contribution in [2.75, 3.05) is 11.9 Å². The lowest BCUT2D eigenvalue weighted by Gasteiger charge is -2.07. The molecule has 0 fully saturated rings.